The van der Waals surface area contributed by atoms with Gasteiger partial charge in [0.05, 0.1) is 5.69 Å². The predicted molar refractivity (Wildman–Crippen MR) is 101 cm³/mol. The molecule has 27 heavy (non-hydrogen) atoms. The number of hydrogen-bond donors (Lipinski definition) is 1. The normalized spacial score (nSPS) is 16.6. The Morgan fingerprint density at radius 1 is 1.26 bits per heavy atom. The van der Waals surface area contributed by atoms with Crippen molar-refractivity contribution in [3.05, 3.63) is 36.2 Å². The molecule has 144 valence electrons. The number of aryl methyl sites for hydroxylation is 1. The Balaban J connectivity index is 1.70. The highest BCUT2D eigenvalue weighted by atomic mass is 16.6. The number of amides is 2. The van der Waals surface area contributed by atoms with Gasteiger partial charge in [-0.2, -0.15) is 4.98 Å². The highest BCUT2D eigenvalue weighted by Crippen LogP contribution is 2.22. The summed E-state index contributed by atoms with van der Waals surface area (Å²) in [5, 5.41) is 7.13. The molecular formula is C19H25N5O3. The highest BCUT2D eigenvalue weighted by molar-refractivity contribution is 5.96. The molecule has 0 aliphatic carbocycles. The van der Waals surface area contributed by atoms with E-state index in [2.05, 4.69) is 15.4 Å². The molecule has 2 heterocycles. The first kappa shape index (κ1) is 18.9. The molecule has 1 aromatic carbocycles. The molecule has 0 radical (unpaired) electrons. The Hall–Kier alpha value is -2.90. The van der Waals surface area contributed by atoms with Crippen molar-refractivity contribution in [2.24, 2.45) is 0 Å². The van der Waals surface area contributed by atoms with Gasteiger partial charge >= 0.3 is 6.09 Å². The van der Waals surface area contributed by atoms with Crippen molar-refractivity contribution in [2.75, 3.05) is 11.9 Å². The zero-order valence-electron chi connectivity index (χ0n) is 16.1. The van der Waals surface area contributed by atoms with E-state index in [-0.39, 0.29) is 11.9 Å². The summed E-state index contributed by atoms with van der Waals surface area (Å²) in [6, 6.07) is 9.05. The fraction of sp³-hybridized carbons (Fsp3) is 0.474. The van der Waals surface area contributed by atoms with E-state index >= 15 is 0 Å². The van der Waals surface area contributed by atoms with E-state index in [1.54, 1.807) is 25.5 Å². The molecule has 1 fully saturated rings. The summed E-state index contributed by atoms with van der Waals surface area (Å²) in [6.07, 6.45) is 0.780. The SMILES string of the molecule is CCc1nc(NC(=O)[C@@H]2CCN2C(=O)OC(C)(C)C)nn1-c1ccccc1. The van der Waals surface area contributed by atoms with Crippen LogP contribution >= 0.6 is 0 Å². The molecule has 2 amide bonds. The number of nitrogens with zero attached hydrogens (tertiary/aromatic N) is 4. The van der Waals surface area contributed by atoms with Crippen LogP contribution in [0.25, 0.3) is 5.69 Å². The fourth-order valence-electron chi connectivity index (χ4n) is 2.79. The van der Waals surface area contributed by atoms with Gasteiger partial charge in [-0.15, -0.1) is 5.10 Å². The first-order valence-corrected chi connectivity index (χ1v) is 9.10. The number of carbonyl (C=O) groups is 2. The van der Waals surface area contributed by atoms with E-state index in [4.69, 9.17) is 4.74 Å². The summed E-state index contributed by atoms with van der Waals surface area (Å²) in [5.41, 5.74) is 0.279. The largest absolute Gasteiger partial charge is 0.444 e. The van der Waals surface area contributed by atoms with Crippen LogP contribution < -0.4 is 5.32 Å². The van der Waals surface area contributed by atoms with Crippen LogP contribution in [0.4, 0.5) is 10.7 Å². The van der Waals surface area contributed by atoms with Gasteiger partial charge in [0.25, 0.3) is 0 Å². The summed E-state index contributed by atoms with van der Waals surface area (Å²) >= 11 is 0. The second-order valence-corrected chi connectivity index (χ2v) is 7.42. The molecule has 1 N–H and O–H groups in total. The van der Waals surface area contributed by atoms with E-state index in [9.17, 15) is 9.59 Å². The van der Waals surface area contributed by atoms with Crippen LogP contribution in [0.3, 0.4) is 0 Å². The Morgan fingerprint density at radius 3 is 2.52 bits per heavy atom. The molecule has 1 saturated heterocycles. The lowest BCUT2D eigenvalue weighted by Crippen LogP contribution is -2.57. The first-order valence-electron chi connectivity index (χ1n) is 9.10. The van der Waals surface area contributed by atoms with Gasteiger partial charge in [0.2, 0.25) is 11.9 Å². The number of carbonyl (C=O) groups excluding carboxylic acids is 2. The van der Waals surface area contributed by atoms with Gasteiger partial charge in [-0.1, -0.05) is 25.1 Å². The number of hydrogen-bond acceptors (Lipinski definition) is 5. The monoisotopic (exact) mass is 371 g/mol. The minimum atomic E-state index is -0.597. The second-order valence-electron chi connectivity index (χ2n) is 7.42. The molecule has 1 aliphatic rings. The molecule has 3 rings (SSSR count). The van der Waals surface area contributed by atoms with Gasteiger partial charge in [0.15, 0.2) is 0 Å². The average Bonchev–Trinajstić information content (AvgIpc) is 2.95. The van der Waals surface area contributed by atoms with E-state index in [0.29, 0.717) is 19.4 Å². The molecule has 0 saturated carbocycles. The number of nitrogens with one attached hydrogen (secondary N) is 1. The molecule has 8 nitrogen and oxygen atoms in total. The van der Waals surface area contributed by atoms with Crippen molar-refractivity contribution < 1.29 is 14.3 Å². The van der Waals surface area contributed by atoms with Gasteiger partial charge in [-0.05, 0) is 39.3 Å². The van der Waals surface area contributed by atoms with Crippen molar-refractivity contribution in [3.63, 3.8) is 0 Å². The number of ether oxygens (including phenoxy) is 1. The number of benzene rings is 1. The van der Waals surface area contributed by atoms with Crippen LogP contribution in [-0.2, 0) is 16.0 Å². The zero-order chi connectivity index (χ0) is 19.6. The van der Waals surface area contributed by atoms with Crippen LogP contribution in [0.1, 0.15) is 39.9 Å². The molecular weight excluding hydrogens is 346 g/mol. The smallest absolute Gasteiger partial charge is 0.410 e. The van der Waals surface area contributed by atoms with E-state index in [1.165, 1.54) is 4.90 Å². The molecule has 0 spiro atoms. The van der Waals surface area contributed by atoms with Gasteiger partial charge in [-0.25, -0.2) is 9.48 Å². The standard InChI is InChI=1S/C19H25N5O3/c1-5-15-20-17(22-24(15)13-9-7-6-8-10-13)21-16(25)14-11-12-23(14)18(26)27-19(2,3)4/h6-10,14H,5,11-12H2,1-4H3,(H,21,22,25)/t14-/m0/s1. The first-order chi connectivity index (χ1) is 12.8. The van der Waals surface area contributed by atoms with E-state index < -0.39 is 17.7 Å². The van der Waals surface area contributed by atoms with Gasteiger partial charge in [0.1, 0.15) is 17.5 Å². The maximum absolute atomic E-state index is 12.6. The quantitative estimate of drug-likeness (QED) is 0.893. The molecule has 8 heteroatoms. The molecule has 1 aliphatic heterocycles. The van der Waals surface area contributed by atoms with Gasteiger partial charge in [0, 0.05) is 13.0 Å². The maximum atomic E-state index is 12.6. The van der Waals surface area contributed by atoms with Crippen molar-refractivity contribution in [2.45, 2.75) is 52.2 Å². The summed E-state index contributed by atoms with van der Waals surface area (Å²) in [6.45, 7) is 7.87. The summed E-state index contributed by atoms with van der Waals surface area (Å²) in [7, 11) is 0. The third-order valence-electron chi connectivity index (χ3n) is 4.18. The topological polar surface area (TPSA) is 89.3 Å². The number of rotatable bonds is 4. The van der Waals surface area contributed by atoms with E-state index in [0.717, 1.165) is 11.5 Å². The third-order valence-corrected chi connectivity index (χ3v) is 4.18. The second kappa shape index (κ2) is 7.38. The van der Waals surface area contributed by atoms with Crippen LogP contribution in [0, 0.1) is 0 Å². The lowest BCUT2D eigenvalue weighted by molar-refractivity contribution is -0.125. The molecule has 1 aromatic heterocycles. The average molecular weight is 371 g/mol. The number of anilines is 1. The predicted octanol–water partition coefficient (Wildman–Crippen LogP) is 2.78. The lowest BCUT2D eigenvalue weighted by atomic mass is 10.0. The fourth-order valence-corrected chi connectivity index (χ4v) is 2.79. The Labute approximate surface area is 158 Å². The van der Waals surface area contributed by atoms with Gasteiger partial charge < -0.3 is 4.74 Å². The molecule has 0 bridgehead atoms. The van der Waals surface area contributed by atoms with Crippen LogP contribution in [0.2, 0.25) is 0 Å². The van der Waals surface area contributed by atoms with Crippen LogP contribution in [-0.4, -0.2) is 49.9 Å². The lowest BCUT2D eigenvalue weighted by Gasteiger charge is -2.39. The number of para-hydroxylation sites is 1. The van der Waals surface area contributed by atoms with Gasteiger partial charge in [-0.3, -0.25) is 15.0 Å². The van der Waals surface area contributed by atoms with Crippen molar-refractivity contribution in [3.8, 4) is 5.69 Å². The summed E-state index contributed by atoms with van der Waals surface area (Å²) in [5.74, 6) is 0.672. The summed E-state index contributed by atoms with van der Waals surface area (Å²) in [4.78, 5) is 30.6. The summed E-state index contributed by atoms with van der Waals surface area (Å²) < 4.78 is 7.05. The zero-order valence-corrected chi connectivity index (χ0v) is 16.1. The van der Waals surface area contributed by atoms with Crippen LogP contribution in [0.15, 0.2) is 30.3 Å². The number of likely N-dealkylation sites (tertiary alicyclic amines) is 1. The maximum Gasteiger partial charge on any atom is 0.410 e. The molecule has 1 atom stereocenters. The Morgan fingerprint density at radius 2 is 1.96 bits per heavy atom. The van der Waals surface area contributed by atoms with Crippen molar-refractivity contribution in [1.29, 1.82) is 0 Å². The number of aromatic nitrogens is 3. The van der Waals surface area contributed by atoms with E-state index in [1.807, 2.05) is 37.3 Å². The van der Waals surface area contributed by atoms with Crippen LogP contribution in [0.5, 0.6) is 0 Å². The highest BCUT2D eigenvalue weighted by Gasteiger charge is 2.40. The van der Waals surface area contributed by atoms with Crippen molar-refractivity contribution >= 4 is 17.9 Å². The Kier molecular flexibility index (Phi) is 5.16. The molecule has 2 aromatic rings. The minimum Gasteiger partial charge on any atom is -0.444 e. The molecule has 0 unspecified atom stereocenters. The Bertz CT molecular complexity index is 826. The van der Waals surface area contributed by atoms with Crippen molar-refractivity contribution in [1.82, 2.24) is 19.7 Å². The third kappa shape index (κ3) is 4.27. The minimum absolute atomic E-state index is 0.233.